The molecular weight excluding hydrogens is 356 g/mol. The first-order chi connectivity index (χ1) is 10.9. The van der Waals surface area contributed by atoms with Gasteiger partial charge < -0.3 is 20.1 Å². The van der Waals surface area contributed by atoms with E-state index >= 15 is 0 Å². The summed E-state index contributed by atoms with van der Waals surface area (Å²) in [7, 11) is -0.648. The highest BCUT2D eigenvalue weighted by molar-refractivity contribution is 7.91. The van der Waals surface area contributed by atoms with Crippen molar-refractivity contribution >= 4 is 28.2 Å². The first-order valence-corrected chi connectivity index (χ1v) is 9.02. The number of hydrogen-bond acceptors (Lipinski definition) is 6. The third-order valence-electron chi connectivity index (χ3n) is 3.19. The largest absolute Gasteiger partial charge is 0.493 e. The fourth-order valence-electron chi connectivity index (χ4n) is 1.91. The third-order valence-corrected chi connectivity index (χ3v) is 4.90. The van der Waals surface area contributed by atoms with Crippen molar-refractivity contribution in [1.29, 1.82) is 0 Å². The van der Waals surface area contributed by atoms with Gasteiger partial charge in [-0.2, -0.15) is 0 Å². The number of rotatable bonds is 10. The van der Waals surface area contributed by atoms with Gasteiger partial charge in [0.15, 0.2) is 21.3 Å². The van der Waals surface area contributed by atoms with E-state index in [2.05, 4.69) is 10.6 Å². The van der Waals surface area contributed by atoms with E-state index in [1.165, 1.54) is 32.4 Å². The van der Waals surface area contributed by atoms with Gasteiger partial charge in [-0.1, -0.05) is 6.92 Å². The lowest BCUT2D eigenvalue weighted by Gasteiger charge is -2.10. The van der Waals surface area contributed by atoms with Crippen LogP contribution in [0.1, 0.15) is 13.3 Å². The maximum Gasteiger partial charge on any atom is 0.221 e. The van der Waals surface area contributed by atoms with Crippen LogP contribution in [0.15, 0.2) is 23.1 Å². The minimum Gasteiger partial charge on any atom is -0.493 e. The molecule has 1 aromatic rings. The van der Waals surface area contributed by atoms with Crippen LogP contribution in [0.4, 0.5) is 0 Å². The molecule has 0 unspecified atom stereocenters. The van der Waals surface area contributed by atoms with E-state index in [1.54, 1.807) is 0 Å². The second kappa shape index (κ2) is 11.1. The van der Waals surface area contributed by atoms with Crippen molar-refractivity contribution in [1.82, 2.24) is 10.6 Å². The number of carbonyl (C=O) groups is 1. The standard InChI is InChI=1S/C15H24N2O5S.ClH/c1-4-16-8-9-17-15(18)7-10-23(19,20)12-5-6-13(21-2)14(11-12)22-3;/h5-6,11,16H,4,7-10H2,1-3H3,(H,17,18);1H. The van der Waals surface area contributed by atoms with Crippen LogP contribution in [0.2, 0.25) is 0 Å². The van der Waals surface area contributed by atoms with Gasteiger partial charge in [0.2, 0.25) is 5.91 Å². The summed E-state index contributed by atoms with van der Waals surface area (Å²) in [5, 5.41) is 5.74. The van der Waals surface area contributed by atoms with Gasteiger partial charge >= 0.3 is 0 Å². The molecule has 0 atom stereocenters. The molecule has 0 aliphatic rings. The molecule has 1 amide bonds. The van der Waals surface area contributed by atoms with Crippen LogP contribution in [0.5, 0.6) is 11.5 Å². The van der Waals surface area contributed by atoms with Crippen LogP contribution in [0.25, 0.3) is 0 Å². The van der Waals surface area contributed by atoms with E-state index in [9.17, 15) is 13.2 Å². The monoisotopic (exact) mass is 380 g/mol. The van der Waals surface area contributed by atoms with Crippen molar-refractivity contribution in [2.45, 2.75) is 18.2 Å². The van der Waals surface area contributed by atoms with E-state index in [0.29, 0.717) is 24.6 Å². The Hall–Kier alpha value is -1.51. The van der Waals surface area contributed by atoms with Crippen LogP contribution in [0.3, 0.4) is 0 Å². The lowest BCUT2D eigenvalue weighted by molar-refractivity contribution is -0.120. The molecule has 138 valence electrons. The third kappa shape index (κ3) is 6.94. The number of methoxy groups -OCH3 is 2. The lowest BCUT2D eigenvalue weighted by Crippen LogP contribution is -2.32. The number of halogens is 1. The van der Waals surface area contributed by atoms with Crippen molar-refractivity contribution < 1.29 is 22.7 Å². The zero-order valence-corrected chi connectivity index (χ0v) is 15.8. The molecule has 9 heteroatoms. The van der Waals surface area contributed by atoms with Crippen LogP contribution in [-0.4, -0.2) is 53.9 Å². The molecule has 0 bridgehead atoms. The molecule has 0 spiro atoms. The fraction of sp³-hybridized carbons (Fsp3) is 0.533. The van der Waals surface area contributed by atoms with Gasteiger partial charge in [-0.3, -0.25) is 4.79 Å². The first kappa shape index (κ1) is 22.5. The van der Waals surface area contributed by atoms with Crippen molar-refractivity contribution in [3.63, 3.8) is 0 Å². The average Bonchev–Trinajstić information content (AvgIpc) is 2.56. The first-order valence-electron chi connectivity index (χ1n) is 7.36. The van der Waals surface area contributed by atoms with Crippen molar-refractivity contribution in [2.24, 2.45) is 0 Å². The van der Waals surface area contributed by atoms with Crippen LogP contribution >= 0.6 is 12.4 Å². The molecule has 0 saturated carbocycles. The number of ether oxygens (including phenoxy) is 2. The second-order valence-corrected chi connectivity index (χ2v) is 6.90. The Morgan fingerprint density at radius 1 is 1.12 bits per heavy atom. The molecule has 0 aliphatic heterocycles. The minimum absolute atomic E-state index is 0. The number of nitrogens with one attached hydrogen (secondary N) is 2. The maximum atomic E-state index is 12.3. The van der Waals surface area contributed by atoms with E-state index in [-0.39, 0.29) is 35.4 Å². The normalized spacial score (nSPS) is 10.6. The summed E-state index contributed by atoms with van der Waals surface area (Å²) >= 11 is 0. The Labute approximate surface area is 149 Å². The molecule has 0 saturated heterocycles. The van der Waals surface area contributed by atoms with Gasteiger partial charge in [0.1, 0.15) is 0 Å². The number of amides is 1. The summed E-state index contributed by atoms with van der Waals surface area (Å²) in [6.07, 6.45) is -0.0806. The van der Waals surface area contributed by atoms with Crippen molar-refractivity contribution in [3.8, 4) is 11.5 Å². The zero-order chi connectivity index (χ0) is 17.3. The fourth-order valence-corrected chi connectivity index (χ4v) is 3.16. The quantitative estimate of drug-likeness (QED) is 0.588. The predicted octanol–water partition coefficient (Wildman–Crippen LogP) is 1.02. The smallest absolute Gasteiger partial charge is 0.221 e. The Morgan fingerprint density at radius 2 is 1.79 bits per heavy atom. The van der Waals surface area contributed by atoms with Gasteiger partial charge in [0.05, 0.1) is 24.9 Å². The Balaban J connectivity index is 0.00000529. The number of likely N-dealkylation sites (N-methyl/N-ethyl adjacent to an activating group) is 1. The number of hydrogen-bond donors (Lipinski definition) is 2. The van der Waals surface area contributed by atoms with Gasteiger partial charge in [-0.25, -0.2) is 8.42 Å². The van der Waals surface area contributed by atoms with Gasteiger partial charge in [0.25, 0.3) is 0 Å². The lowest BCUT2D eigenvalue weighted by atomic mass is 10.3. The Kier molecular flexibility index (Phi) is 10.4. The Bertz CT molecular complexity index is 622. The number of benzene rings is 1. The molecule has 0 radical (unpaired) electrons. The SMILES string of the molecule is CCNCCNC(=O)CCS(=O)(=O)c1ccc(OC)c(OC)c1.Cl. The molecule has 0 aliphatic carbocycles. The number of carbonyl (C=O) groups excluding carboxylic acids is 1. The molecule has 0 fully saturated rings. The summed E-state index contributed by atoms with van der Waals surface area (Å²) in [4.78, 5) is 11.8. The molecule has 0 heterocycles. The highest BCUT2D eigenvalue weighted by Crippen LogP contribution is 2.29. The van der Waals surface area contributed by atoms with E-state index in [1.807, 2.05) is 6.92 Å². The molecule has 24 heavy (non-hydrogen) atoms. The van der Waals surface area contributed by atoms with Gasteiger partial charge in [-0.15, -0.1) is 12.4 Å². The van der Waals surface area contributed by atoms with Crippen molar-refractivity contribution in [2.75, 3.05) is 39.6 Å². The Morgan fingerprint density at radius 3 is 2.38 bits per heavy atom. The molecular formula is C15H25ClN2O5S. The van der Waals surface area contributed by atoms with Crippen LogP contribution < -0.4 is 20.1 Å². The van der Waals surface area contributed by atoms with Gasteiger partial charge in [0, 0.05) is 25.6 Å². The van der Waals surface area contributed by atoms with Crippen LogP contribution in [-0.2, 0) is 14.6 Å². The predicted molar refractivity (Wildman–Crippen MR) is 95.0 cm³/mol. The summed E-state index contributed by atoms with van der Waals surface area (Å²) in [5.74, 6) is 0.249. The molecule has 7 nitrogen and oxygen atoms in total. The average molecular weight is 381 g/mol. The number of sulfone groups is 1. The molecule has 1 aromatic carbocycles. The second-order valence-electron chi connectivity index (χ2n) is 4.79. The summed E-state index contributed by atoms with van der Waals surface area (Å²) in [6, 6.07) is 4.37. The summed E-state index contributed by atoms with van der Waals surface area (Å²) in [5.41, 5.74) is 0. The van der Waals surface area contributed by atoms with Gasteiger partial charge in [-0.05, 0) is 18.7 Å². The zero-order valence-electron chi connectivity index (χ0n) is 14.1. The molecule has 2 N–H and O–H groups in total. The van der Waals surface area contributed by atoms with E-state index in [0.717, 1.165) is 6.54 Å². The highest BCUT2D eigenvalue weighted by atomic mass is 35.5. The highest BCUT2D eigenvalue weighted by Gasteiger charge is 2.18. The molecule has 1 rings (SSSR count). The summed E-state index contributed by atoms with van der Waals surface area (Å²) in [6.45, 7) is 3.93. The summed E-state index contributed by atoms with van der Waals surface area (Å²) < 4.78 is 34.8. The van der Waals surface area contributed by atoms with E-state index in [4.69, 9.17) is 9.47 Å². The van der Waals surface area contributed by atoms with E-state index < -0.39 is 9.84 Å². The molecule has 0 aromatic heterocycles. The maximum absolute atomic E-state index is 12.3. The minimum atomic E-state index is -3.56. The van der Waals surface area contributed by atoms with Crippen molar-refractivity contribution in [3.05, 3.63) is 18.2 Å². The topological polar surface area (TPSA) is 93.7 Å². The van der Waals surface area contributed by atoms with Crippen LogP contribution in [0, 0.1) is 0 Å².